The number of nitriles is 1. The lowest BCUT2D eigenvalue weighted by Gasteiger charge is -2.12. The quantitative estimate of drug-likeness (QED) is 0.893. The molecular formula is C14H16N4. The Bertz CT molecular complexity index is 536. The number of hydrogen-bond donors (Lipinski definition) is 1. The molecule has 2 rings (SSSR count). The Labute approximate surface area is 107 Å². The molecular weight excluding hydrogens is 224 g/mol. The number of nitrogens with zero attached hydrogens (tertiary/aromatic N) is 3. The summed E-state index contributed by atoms with van der Waals surface area (Å²) in [5.41, 5.74) is 1.88. The fraction of sp³-hybridized carbons (Fsp3) is 0.286. The second-order valence-corrected chi connectivity index (χ2v) is 4.44. The van der Waals surface area contributed by atoms with Gasteiger partial charge in [-0.25, -0.2) is 4.68 Å². The first-order chi connectivity index (χ1) is 8.70. The number of benzene rings is 1. The summed E-state index contributed by atoms with van der Waals surface area (Å²) in [7, 11) is 0. The van der Waals surface area contributed by atoms with E-state index >= 15 is 0 Å². The van der Waals surface area contributed by atoms with Gasteiger partial charge in [0.25, 0.3) is 0 Å². The predicted molar refractivity (Wildman–Crippen MR) is 70.2 cm³/mol. The summed E-state index contributed by atoms with van der Waals surface area (Å²) >= 11 is 0. The number of hydrogen-bond acceptors (Lipinski definition) is 3. The number of para-hydroxylation sites is 1. The lowest BCUT2D eigenvalue weighted by molar-refractivity contribution is 0.546. The maximum absolute atomic E-state index is 9.16. The molecule has 4 heteroatoms. The van der Waals surface area contributed by atoms with E-state index in [9.17, 15) is 0 Å². The minimum Gasteiger partial charge on any atom is -0.296 e. The summed E-state index contributed by atoms with van der Waals surface area (Å²) in [4.78, 5) is 0. The van der Waals surface area contributed by atoms with Crippen molar-refractivity contribution in [2.75, 3.05) is 0 Å². The van der Waals surface area contributed by atoms with Gasteiger partial charge in [0.1, 0.15) is 6.04 Å². The van der Waals surface area contributed by atoms with Crippen molar-refractivity contribution < 1.29 is 0 Å². The maximum Gasteiger partial charge on any atom is 0.124 e. The molecule has 1 unspecified atom stereocenters. The molecule has 0 aliphatic carbocycles. The Morgan fingerprint density at radius 2 is 2.00 bits per heavy atom. The zero-order valence-corrected chi connectivity index (χ0v) is 10.5. The minimum absolute atomic E-state index is 0.259. The third-order valence-electron chi connectivity index (χ3n) is 2.59. The summed E-state index contributed by atoms with van der Waals surface area (Å²) in [6.45, 7) is 4.04. The van der Waals surface area contributed by atoms with E-state index in [1.165, 1.54) is 0 Å². The summed E-state index contributed by atoms with van der Waals surface area (Å²) in [6.07, 6.45) is 3.62. The van der Waals surface area contributed by atoms with Gasteiger partial charge in [0.15, 0.2) is 0 Å². The van der Waals surface area contributed by atoms with E-state index in [4.69, 9.17) is 5.26 Å². The van der Waals surface area contributed by atoms with Crippen LogP contribution in [0.2, 0.25) is 0 Å². The summed E-state index contributed by atoms with van der Waals surface area (Å²) in [5.74, 6) is 0. The molecule has 0 aliphatic rings. The molecule has 0 saturated heterocycles. The van der Waals surface area contributed by atoms with Gasteiger partial charge in [-0.15, -0.1) is 0 Å². The molecule has 1 N–H and O–H groups in total. The molecule has 18 heavy (non-hydrogen) atoms. The number of nitrogens with one attached hydrogen (secondary N) is 1. The highest BCUT2D eigenvalue weighted by Crippen LogP contribution is 2.14. The van der Waals surface area contributed by atoms with Crippen molar-refractivity contribution >= 4 is 0 Å². The average Bonchev–Trinajstić information content (AvgIpc) is 2.86. The fourth-order valence-corrected chi connectivity index (χ4v) is 1.75. The highest BCUT2D eigenvalue weighted by Gasteiger charge is 2.13. The standard InChI is InChI=1S/C14H16N4/c1-11(2)17-14(8-15)12-9-16-18(10-12)13-6-4-3-5-7-13/h3-7,9-11,14,17H,1-2H3. The van der Waals surface area contributed by atoms with Crippen LogP contribution in [0.4, 0.5) is 0 Å². The second-order valence-electron chi connectivity index (χ2n) is 4.44. The van der Waals surface area contributed by atoms with Crippen LogP contribution in [0.25, 0.3) is 5.69 Å². The molecule has 4 nitrogen and oxygen atoms in total. The van der Waals surface area contributed by atoms with E-state index in [0.717, 1.165) is 11.3 Å². The molecule has 0 aliphatic heterocycles. The van der Waals surface area contributed by atoms with Gasteiger partial charge in [-0.3, -0.25) is 5.32 Å². The van der Waals surface area contributed by atoms with Gasteiger partial charge in [0.2, 0.25) is 0 Å². The van der Waals surface area contributed by atoms with Crippen molar-refractivity contribution in [1.82, 2.24) is 15.1 Å². The molecule has 0 radical (unpaired) electrons. The van der Waals surface area contributed by atoms with Crippen LogP contribution in [0.1, 0.15) is 25.5 Å². The normalized spacial score (nSPS) is 12.3. The lowest BCUT2D eigenvalue weighted by atomic mass is 10.1. The molecule has 0 fully saturated rings. The third-order valence-corrected chi connectivity index (χ3v) is 2.59. The molecule has 0 bridgehead atoms. The molecule has 1 aromatic heterocycles. The molecule has 1 atom stereocenters. The Balaban J connectivity index is 2.23. The van der Waals surface area contributed by atoms with Crippen LogP contribution >= 0.6 is 0 Å². The van der Waals surface area contributed by atoms with Crippen molar-refractivity contribution in [3.63, 3.8) is 0 Å². The van der Waals surface area contributed by atoms with Crippen molar-refractivity contribution in [1.29, 1.82) is 5.26 Å². The highest BCUT2D eigenvalue weighted by atomic mass is 15.3. The Hall–Kier alpha value is -2.12. The highest BCUT2D eigenvalue weighted by molar-refractivity contribution is 5.32. The molecule has 2 aromatic rings. The molecule has 92 valence electrons. The molecule has 1 aromatic carbocycles. The maximum atomic E-state index is 9.16. The summed E-state index contributed by atoms with van der Waals surface area (Å²) in [6, 6.07) is 12.0. The van der Waals surface area contributed by atoms with E-state index < -0.39 is 0 Å². The number of rotatable bonds is 4. The van der Waals surface area contributed by atoms with Crippen LogP contribution in [0, 0.1) is 11.3 Å². The second kappa shape index (κ2) is 5.48. The zero-order valence-electron chi connectivity index (χ0n) is 10.5. The van der Waals surface area contributed by atoms with E-state index in [1.54, 1.807) is 10.9 Å². The van der Waals surface area contributed by atoms with Gasteiger partial charge in [-0.1, -0.05) is 18.2 Å². The van der Waals surface area contributed by atoms with E-state index in [-0.39, 0.29) is 12.1 Å². The van der Waals surface area contributed by atoms with Crippen LogP contribution < -0.4 is 5.32 Å². The van der Waals surface area contributed by atoms with Crippen molar-refractivity contribution in [3.05, 3.63) is 48.3 Å². The Morgan fingerprint density at radius 1 is 1.28 bits per heavy atom. The first-order valence-corrected chi connectivity index (χ1v) is 5.96. The topological polar surface area (TPSA) is 53.6 Å². The average molecular weight is 240 g/mol. The first kappa shape index (κ1) is 12.3. The van der Waals surface area contributed by atoms with Crippen LogP contribution in [0.5, 0.6) is 0 Å². The van der Waals surface area contributed by atoms with E-state index in [0.29, 0.717) is 0 Å². The van der Waals surface area contributed by atoms with Gasteiger partial charge in [-0.2, -0.15) is 10.4 Å². The van der Waals surface area contributed by atoms with Gasteiger partial charge in [0.05, 0.1) is 18.0 Å². The Kier molecular flexibility index (Phi) is 3.75. The smallest absolute Gasteiger partial charge is 0.124 e. The minimum atomic E-state index is -0.317. The number of aromatic nitrogens is 2. The zero-order chi connectivity index (χ0) is 13.0. The van der Waals surface area contributed by atoms with Crippen molar-refractivity contribution in [2.24, 2.45) is 0 Å². The van der Waals surface area contributed by atoms with Gasteiger partial charge in [0, 0.05) is 17.8 Å². The molecule has 1 heterocycles. The van der Waals surface area contributed by atoms with Crippen molar-refractivity contribution in [3.8, 4) is 11.8 Å². The molecule has 0 amide bonds. The van der Waals surface area contributed by atoms with E-state index in [2.05, 4.69) is 16.5 Å². The largest absolute Gasteiger partial charge is 0.296 e. The van der Waals surface area contributed by atoms with E-state index in [1.807, 2.05) is 50.4 Å². The van der Waals surface area contributed by atoms with Gasteiger partial charge >= 0.3 is 0 Å². The van der Waals surface area contributed by atoms with Crippen molar-refractivity contribution in [2.45, 2.75) is 25.9 Å². The monoisotopic (exact) mass is 240 g/mol. The Morgan fingerprint density at radius 3 is 2.61 bits per heavy atom. The SMILES string of the molecule is CC(C)NC(C#N)c1cnn(-c2ccccc2)c1. The third kappa shape index (κ3) is 2.76. The van der Waals surface area contributed by atoms with Crippen LogP contribution in [0.15, 0.2) is 42.7 Å². The molecule has 0 spiro atoms. The van der Waals surface area contributed by atoms with Crippen LogP contribution in [-0.2, 0) is 0 Å². The summed E-state index contributed by atoms with van der Waals surface area (Å²) in [5, 5.41) is 16.6. The predicted octanol–water partition coefficient (Wildman–Crippen LogP) is 2.43. The first-order valence-electron chi connectivity index (χ1n) is 5.96. The molecule has 0 saturated carbocycles. The van der Waals surface area contributed by atoms with Crippen LogP contribution in [-0.4, -0.2) is 15.8 Å². The fourth-order valence-electron chi connectivity index (χ4n) is 1.75. The lowest BCUT2D eigenvalue weighted by Crippen LogP contribution is -2.26. The summed E-state index contributed by atoms with van der Waals surface area (Å²) < 4.78 is 1.78. The van der Waals surface area contributed by atoms with Crippen LogP contribution in [0.3, 0.4) is 0 Å². The van der Waals surface area contributed by atoms with Gasteiger partial charge in [-0.05, 0) is 26.0 Å². The van der Waals surface area contributed by atoms with Gasteiger partial charge < -0.3 is 0 Å².